The summed E-state index contributed by atoms with van der Waals surface area (Å²) in [6.45, 7) is 6.60. The van der Waals surface area contributed by atoms with Crippen LogP contribution in [0.5, 0.6) is 0 Å². The number of hydrogen-bond acceptors (Lipinski definition) is 6. The zero-order valence-electron chi connectivity index (χ0n) is 11.3. The largest absolute Gasteiger partial charge is 0.394 e. The van der Waals surface area contributed by atoms with Crippen LogP contribution in [0.3, 0.4) is 0 Å². The lowest BCUT2D eigenvalue weighted by molar-refractivity contribution is -0.244. The average molecular weight is 274 g/mol. The Balaban J connectivity index is 2.22. The van der Waals surface area contributed by atoms with Gasteiger partial charge in [0, 0.05) is 0 Å². The molecule has 19 heavy (non-hydrogen) atoms. The van der Waals surface area contributed by atoms with Gasteiger partial charge in [-0.2, -0.15) is 0 Å². The van der Waals surface area contributed by atoms with Crippen LogP contribution in [0.15, 0.2) is 12.7 Å². The van der Waals surface area contributed by atoms with Crippen LogP contribution < -0.4 is 0 Å². The van der Waals surface area contributed by atoms with Crippen molar-refractivity contribution in [3.8, 4) is 0 Å². The molecule has 0 bridgehead atoms. The summed E-state index contributed by atoms with van der Waals surface area (Å²) in [5.41, 5.74) is -1.41. The Morgan fingerprint density at radius 2 is 2.05 bits per heavy atom. The Hall–Kier alpha value is -0.500. The van der Waals surface area contributed by atoms with Crippen LogP contribution in [0.2, 0.25) is 0 Å². The highest BCUT2D eigenvalue weighted by Crippen LogP contribution is 2.45. The molecule has 2 heterocycles. The Morgan fingerprint density at radius 3 is 2.63 bits per heavy atom. The number of allylic oxidation sites excluding steroid dienone is 1. The van der Waals surface area contributed by atoms with Crippen LogP contribution in [0.4, 0.5) is 0 Å². The zero-order valence-corrected chi connectivity index (χ0v) is 11.3. The summed E-state index contributed by atoms with van der Waals surface area (Å²) in [7, 11) is 0. The van der Waals surface area contributed by atoms with E-state index in [-0.39, 0.29) is 0 Å². The van der Waals surface area contributed by atoms with Crippen LogP contribution in [0.25, 0.3) is 0 Å². The molecule has 0 amide bonds. The molecule has 2 fully saturated rings. The SMILES string of the molecule is C=CCC[C@@]1(O)[C@@H]([C@H](O)CO)O[C@@H]2OC(C)(C)O[C@@H]21. The first-order valence-electron chi connectivity index (χ1n) is 6.47. The van der Waals surface area contributed by atoms with Gasteiger partial charge in [-0.25, -0.2) is 0 Å². The Kier molecular flexibility index (Phi) is 4.02. The number of ether oxygens (including phenoxy) is 3. The third-order valence-corrected chi connectivity index (χ3v) is 3.61. The Bertz CT molecular complexity index is 344. The lowest BCUT2D eigenvalue weighted by atomic mass is 9.85. The fourth-order valence-corrected chi connectivity index (χ4v) is 2.73. The third-order valence-electron chi connectivity index (χ3n) is 3.61. The monoisotopic (exact) mass is 274 g/mol. The Labute approximate surface area is 112 Å². The van der Waals surface area contributed by atoms with E-state index >= 15 is 0 Å². The van der Waals surface area contributed by atoms with Crippen molar-refractivity contribution in [3.63, 3.8) is 0 Å². The van der Waals surface area contributed by atoms with Crippen molar-refractivity contribution < 1.29 is 29.5 Å². The van der Waals surface area contributed by atoms with E-state index < -0.39 is 42.6 Å². The van der Waals surface area contributed by atoms with Crippen LogP contribution in [-0.2, 0) is 14.2 Å². The molecular formula is C13H22O6. The van der Waals surface area contributed by atoms with Crippen LogP contribution in [0.1, 0.15) is 26.7 Å². The lowest BCUT2D eigenvalue weighted by Crippen LogP contribution is -2.54. The summed E-state index contributed by atoms with van der Waals surface area (Å²) in [4.78, 5) is 0. The molecule has 5 atom stereocenters. The fraction of sp³-hybridized carbons (Fsp3) is 0.846. The predicted molar refractivity (Wildman–Crippen MR) is 66.2 cm³/mol. The quantitative estimate of drug-likeness (QED) is 0.607. The molecule has 6 nitrogen and oxygen atoms in total. The van der Waals surface area contributed by atoms with Gasteiger partial charge in [0.1, 0.15) is 23.9 Å². The first-order chi connectivity index (χ1) is 8.84. The van der Waals surface area contributed by atoms with Gasteiger partial charge in [-0.05, 0) is 26.7 Å². The molecule has 6 heteroatoms. The van der Waals surface area contributed by atoms with Gasteiger partial charge in [-0.15, -0.1) is 6.58 Å². The number of hydrogen-bond donors (Lipinski definition) is 3. The Morgan fingerprint density at radius 1 is 1.37 bits per heavy atom. The first kappa shape index (κ1) is 14.9. The smallest absolute Gasteiger partial charge is 0.190 e. The first-order valence-corrected chi connectivity index (χ1v) is 6.47. The summed E-state index contributed by atoms with van der Waals surface area (Å²) >= 11 is 0. The highest BCUT2D eigenvalue weighted by Gasteiger charge is 2.64. The number of aliphatic hydroxyl groups is 3. The topological polar surface area (TPSA) is 88.4 Å². The fourth-order valence-electron chi connectivity index (χ4n) is 2.73. The normalized spacial score (nSPS) is 42.1. The number of fused-ring (bicyclic) bond motifs is 1. The minimum absolute atomic E-state index is 0.318. The van der Waals surface area contributed by atoms with Gasteiger partial charge in [-0.3, -0.25) is 0 Å². The van der Waals surface area contributed by atoms with Crippen LogP contribution in [0, 0.1) is 0 Å². The van der Waals surface area contributed by atoms with Gasteiger partial charge in [0.25, 0.3) is 0 Å². The third kappa shape index (κ3) is 2.56. The second kappa shape index (κ2) is 5.12. The molecule has 0 saturated carbocycles. The van der Waals surface area contributed by atoms with E-state index in [1.807, 2.05) is 0 Å². The van der Waals surface area contributed by atoms with Gasteiger partial charge in [0.2, 0.25) is 0 Å². The van der Waals surface area contributed by atoms with Gasteiger partial charge in [0.05, 0.1) is 6.61 Å². The van der Waals surface area contributed by atoms with E-state index in [4.69, 9.17) is 19.3 Å². The predicted octanol–water partition coefficient (Wildman–Crippen LogP) is -0.0867. The summed E-state index contributed by atoms with van der Waals surface area (Å²) in [5.74, 6) is -0.841. The summed E-state index contributed by atoms with van der Waals surface area (Å²) < 4.78 is 16.8. The summed E-state index contributed by atoms with van der Waals surface area (Å²) in [5, 5.41) is 29.7. The molecule has 2 saturated heterocycles. The van der Waals surface area contributed by atoms with Gasteiger partial charge >= 0.3 is 0 Å². The van der Waals surface area contributed by atoms with Crippen molar-refractivity contribution >= 4 is 0 Å². The van der Waals surface area contributed by atoms with Crippen LogP contribution in [-0.4, -0.2) is 57.9 Å². The number of aliphatic hydroxyl groups excluding tert-OH is 2. The van der Waals surface area contributed by atoms with E-state index in [0.29, 0.717) is 12.8 Å². The van der Waals surface area contributed by atoms with E-state index in [2.05, 4.69) is 6.58 Å². The maximum Gasteiger partial charge on any atom is 0.190 e. The zero-order chi connectivity index (χ0) is 14.3. The highest BCUT2D eigenvalue weighted by atomic mass is 16.8. The molecule has 2 aliphatic rings. The summed E-state index contributed by atoms with van der Waals surface area (Å²) in [6, 6.07) is 0. The molecule has 0 aliphatic carbocycles. The standard InChI is InChI=1S/C13H22O6/c1-4-5-6-13(16)9(8(15)7-14)17-11-10(13)18-12(2,3)19-11/h4,8-11,14-16H,1,5-7H2,2-3H3/t8-,9-,10+,11-,13-/m1/s1. The minimum atomic E-state index is -1.41. The van der Waals surface area contributed by atoms with Gasteiger partial charge < -0.3 is 29.5 Å². The molecule has 0 radical (unpaired) electrons. The van der Waals surface area contributed by atoms with Crippen molar-refractivity contribution in [2.75, 3.05) is 6.61 Å². The molecule has 2 rings (SSSR count). The van der Waals surface area contributed by atoms with Crippen molar-refractivity contribution in [2.45, 2.75) is 62.7 Å². The molecule has 2 aliphatic heterocycles. The van der Waals surface area contributed by atoms with Crippen molar-refractivity contribution in [3.05, 3.63) is 12.7 Å². The molecular weight excluding hydrogens is 252 g/mol. The van der Waals surface area contributed by atoms with E-state index in [1.54, 1.807) is 19.9 Å². The number of rotatable bonds is 5. The molecule has 0 aromatic carbocycles. The van der Waals surface area contributed by atoms with Crippen molar-refractivity contribution in [1.29, 1.82) is 0 Å². The molecule has 0 spiro atoms. The molecule has 0 aromatic heterocycles. The van der Waals surface area contributed by atoms with Crippen molar-refractivity contribution in [2.24, 2.45) is 0 Å². The maximum absolute atomic E-state index is 10.8. The van der Waals surface area contributed by atoms with Crippen molar-refractivity contribution in [1.82, 2.24) is 0 Å². The molecule has 0 unspecified atom stereocenters. The van der Waals surface area contributed by atoms with Gasteiger partial charge in [-0.1, -0.05) is 6.08 Å². The van der Waals surface area contributed by atoms with E-state index in [9.17, 15) is 10.2 Å². The molecule has 0 aromatic rings. The van der Waals surface area contributed by atoms with E-state index in [1.165, 1.54) is 0 Å². The van der Waals surface area contributed by atoms with E-state index in [0.717, 1.165) is 0 Å². The second-order valence-corrected chi connectivity index (χ2v) is 5.55. The van der Waals surface area contributed by atoms with Gasteiger partial charge in [0.15, 0.2) is 12.1 Å². The molecule has 3 N–H and O–H groups in total. The maximum atomic E-state index is 10.8. The highest BCUT2D eigenvalue weighted by molar-refractivity contribution is 5.07. The second-order valence-electron chi connectivity index (χ2n) is 5.55. The van der Waals surface area contributed by atoms with Crippen LogP contribution >= 0.6 is 0 Å². The minimum Gasteiger partial charge on any atom is -0.394 e. The summed E-state index contributed by atoms with van der Waals surface area (Å²) in [6.07, 6.45) is -1.02. The lowest BCUT2D eigenvalue weighted by Gasteiger charge is -2.35. The molecule has 110 valence electrons. The average Bonchev–Trinajstić information content (AvgIpc) is 2.79.